The second kappa shape index (κ2) is 23.5. The van der Waals surface area contributed by atoms with Crippen LogP contribution in [0.5, 0.6) is 11.5 Å². The van der Waals surface area contributed by atoms with Crippen molar-refractivity contribution < 1.29 is 43.4 Å². The van der Waals surface area contributed by atoms with Gasteiger partial charge in [0.25, 0.3) is 5.91 Å². The van der Waals surface area contributed by atoms with E-state index < -0.39 is 24.5 Å². The Morgan fingerprint density at radius 1 is 0.679 bits per heavy atom. The number of nitrogens with one attached hydrogen (secondary N) is 3. The number of carbonyl (C=O) groups excluding carboxylic acids is 4. The first-order valence-electron chi connectivity index (χ1n) is 18.7. The Balaban J connectivity index is 1.24. The van der Waals surface area contributed by atoms with E-state index in [4.69, 9.17) is 19.4 Å². The van der Waals surface area contributed by atoms with E-state index in [9.17, 15) is 24.0 Å². The summed E-state index contributed by atoms with van der Waals surface area (Å²) in [7, 11) is 0. The number of ether oxygens (including phenoxy) is 2. The number of carboxylic acids is 1. The molecule has 13 nitrogen and oxygen atoms in total. The molecule has 0 saturated heterocycles. The molecule has 1 atom stereocenters. The summed E-state index contributed by atoms with van der Waals surface area (Å²) in [6, 6.07) is 32.9. The third kappa shape index (κ3) is 15.3. The molecule has 13 heteroatoms. The quantitative estimate of drug-likeness (QED) is 0.0525. The topological polar surface area (TPSA) is 173 Å². The van der Waals surface area contributed by atoms with Gasteiger partial charge >= 0.3 is 5.97 Å². The minimum absolute atomic E-state index is 0.120. The Hall–Kier alpha value is -6.21. The average Bonchev–Trinajstić information content (AvgIpc) is 3.21. The minimum Gasteiger partial charge on any atom is -0.485 e. The third-order valence-corrected chi connectivity index (χ3v) is 8.55. The van der Waals surface area contributed by atoms with E-state index in [1.807, 2.05) is 91.0 Å². The van der Waals surface area contributed by atoms with Crippen LogP contribution in [-0.4, -0.2) is 65.4 Å². The minimum atomic E-state index is -1.22. The Morgan fingerprint density at radius 2 is 1.29 bits per heavy atom. The van der Waals surface area contributed by atoms with Gasteiger partial charge in [-0.3, -0.25) is 28.8 Å². The van der Waals surface area contributed by atoms with Crippen molar-refractivity contribution in [2.75, 3.05) is 19.6 Å². The highest BCUT2D eigenvalue weighted by molar-refractivity contribution is 5.97. The molecule has 0 aliphatic rings. The van der Waals surface area contributed by atoms with Gasteiger partial charge in [-0.15, -0.1) is 0 Å². The molecule has 0 aliphatic carbocycles. The second-order valence-electron chi connectivity index (χ2n) is 13.0. The number of hydrogen-bond acceptors (Lipinski definition) is 8. The van der Waals surface area contributed by atoms with Gasteiger partial charge in [-0.25, -0.2) is 5.06 Å². The van der Waals surface area contributed by atoms with Gasteiger partial charge < -0.3 is 30.5 Å². The van der Waals surface area contributed by atoms with E-state index in [1.54, 1.807) is 18.2 Å². The molecule has 0 unspecified atom stereocenters. The number of nitrogens with zero attached hydrogens (tertiary/aromatic N) is 1. The lowest BCUT2D eigenvalue weighted by molar-refractivity contribution is -0.189. The summed E-state index contributed by atoms with van der Waals surface area (Å²) in [4.78, 5) is 67.9. The number of carbonyl (C=O) groups is 5. The van der Waals surface area contributed by atoms with Crippen LogP contribution in [0.2, 0.25) is 0 Å². The molecule has 0 radical (unpaired) electrons. The Bertz CT molecular complexity index is 1840. The van der Waals surface area contributed by atoms with E-state index in [0.717, 1.165) is 16.7 Å². The summed E-state index contributed by atoms with van der Waals surface area (Å²) >= 11 is 0. The Morgan fingerprint density at radius 3 is 1.89 bits per heavy atom. The van der Waals surface area contributed by atoms with Crippen LogP contribution in [-0.2, 0) is 43.8 Å². The average molecular weight is 767 g/mol. The fourth-order valence-electron chi connectivity index (χ4n) is 5.61. The smallest absolute Gasteiger partial charge is 0.322 e. The molecule has 4 N–H and O–H groups in total. The lowest BCUT2D eigenvalue weighted by atomic mass is 10.1. The van der Waals surface area contributed by atoms with Gasteiger partial charge in [0, 0.05) is 26.4 Å². The van der Waals surface area contributed by atoms with Gasteiger partial charge in [0.2, 0.25) is 17.7 Å². The van der Waals surface area contributed by atoms with Crippen LogP contribution in [0.4, 0.5) is 0 Å². The zero-order chi connectivity index (χ0) is 40.0. The predicted molar refractivity (Wildman–Crippen MR) is 209 cm³/mol. The molecule has 4 rings (SSSR count). The first kappa shape index (κ1) is 42.5. The van der Waals surface area contributed by atoms with Crippen LogP contribution in [0, 0.1) is 0 Å². The molecule has 56 heavy (non-hydrogen) atoms. The predicted octanol–water partition coefficient (Wildman–Crippen LogP) is 5.58. The number of hydroxylamine groups is 2. The largest absolute Gasteiger partial charge is 0.485 e. The second-order valence-corrected chi connectivity index (χ2v) is 13.0. The van der Waals surface area contributed by atoms with Gasteiger partial charge in [0.15, 0.2) is 11.5 Å². The number of amides is 4. The van der Waals surface area contributed by atoms with Crippen molar-refractivity contribution in [2.24, 2.45) is 0 Å². The van der Waals surface area contributed by atoms with Gasteiger partial charge in [-0.1, -0.05) is 103 Å². The van der Waals surface area contributed by atoms with Crippen LogP contribution in [0.25, 0.3) is 0 Å². The molecular formula is C43H50N4O9. The summed E-state index contributed by atoms with van der Waals surface area (Å²) in [6.07, 6.45) is 2.28. The van der Waals surface area contributed by atoms with E-state index in [1.165, 1.54) is 12.0 Å². The Kier molecular flexibility index (Phi) is 17.9. The van der Waals surface area contributed by atoms with Crippen molar-refractivity contribution in [2.45, 2.75) is 71.3 Å². The van der Waals surface area contributed by atoms with E-state index in [-0.39, 0.29) is 50.3 Å². The molecule has 0 bridgehead atoms. The number of benzene rings is 4. The van der Waals surface area contributed by atoms with Crippen molar-refractivity contribution >= 4 is 29.6 Å². The monoisotopic (exact) mass is 766 g/mol. The summed E-state index contributed by atoms with van der Waals surface area (Å²) in [6.45, 7) is 2.03. The van der Waals surface area contributed by atoms with E-state index >= 15 is 0 Å². The molecule has 0 fully saturated rings. The highest BCUT2D eigenvalue weighted by atomic mass is 16.7. The van der Waals surface area contributed by atoms with Gasteiger partial charge in [-0.2, -0.15) is 0 Å². The zero-order valence-electron chi connectivity index (χ0n) is 31.6. The fraction of sp³-hybridized carbons (Fsp3) is 0.326. The molecule has 0 saturated carbocycles. The van der Waals surface area contributed by atoms with Crippen LogP contribution >= 0.6 is 0 Å². The van der Waals surface area contributed by atoms with Crippen LogP contribution in [0.15, 0.2) is 109 Å². The lowest BCUT2D eigenvalue weighted by Crippen LogP contribution is -2.48. The van der Waals surface area contributed by atoms with Crippen molar-refractivity contribution in [3.63, 3.8) is 0 Å². The summed E-state index contributed by atoms with van der Waals surface area (Å²) < 4.78 is 12.3. The fourth-order valence-corrected chi connectivity index (χ4v) is 5.61. The van der Waals surface area contributed by atoms with Gasteiger partial charge in [-0.05, 0) is 54.5 Å². The molecule has 0 spiro atoms. The number of aliphatic carboxylic acids is 1. The maximum Gasteiger partial charge on any atom is 0.322 e. The first-order chi connectivity index (χ1) is 27.2. The lowest BCUT2D eigenvalue weighted by Gasteiger charge is -2.22. The third-order valence-electron chi connectivity index (χ3n) is 8.55. The number of unbranched alkanes of at least 4 members (excludes halogenated alkanes) is 2. The van der Waals surface area contributed by atoms with Crippen molar-refractivity contribution in [1.29, 1.82) is 0 Å². The molecule has 4 aromatic carbocycles. The number of rotatable bonds is 24. The molecule has 296 valence electrons. The number of hydrogen-bond donors (Lipinski definition) is 4. The van der Waals surface area contributed by atoms with Crippen molar-refractivity contribution in [1.82, 2.24) is 21.0 Å². The molecule has 0 heterocycles. The molecule has 0 aromatic heterocycles. The summed E-state index contributed by atoms with van der Waals surface area (Å²) in [5.41, 5.74) is 3.14. The van der Waals surface area contributed by atoms with E-state index in [0.29, 0.717) is 55.9 Å². The van der Waals surface area contributed by atoms with Crippen LogP contribution < -0.4 is 25.4 Å². The maximum atomic E-state index is 13.4. The first-order valence-corrected chi connectivity index (χ1v) is 18.7. The van der Waals surface area contributed by atoms with Crippen molar-refractivity contribution in [3.8, 4) is 11.5 Å². The van der Waals surface area contributed by atoms with Crippen LogP contribution in [0.1, 0.15) is 72.5 Å². The summed E-state index contributed by atoms with van der Waals surface area (Å²) in [5.74, 6) is -2.06. The van der Waals surface area contributed by atoms with Crippen molar-refractivity contribution in [3.05, 3.63) is 131 Å². The zero-order valence-corrected chi connectivity index (χ0v) is 31.6. The molecule has 4 aromatic rings. The molecule has 0 aliphatic heterocycles. The van der Waals surface area contributed by atoms with Gasteiger partial charge in [0.1, 0.15) is 32.4 Å². The normalized spacial score (nSPS) is 11.2. The highest BCUT2D eigenvalue weighted by Gasteiger charge is 2.22. The van der Waals surface area contributed by atoms with E-state index in [2.05, 4.69) is 16.0 Å². The molecular weight excluding hydrogens is 716 g/mol. The van der Waals surface area contributed by atoms with Gasteiger partial charge in [0.05, 0.1) is 5.56 Å². The Labute approximate surface area is 327 Å². The molecule has 4 amide bonds. The standard InChI is InChI=1S/C43H50N4O9/c1-32(48)47(56-31-35-20-10-4-11-21-35)27-15-23-37(43(53)45-28-40(50)51)46-39(49)25-12-5-13-26-44-42(52)36-22-14-24-38(54-29-33-16-6-2-7-17-33)41(36)55-30-34-18-8-3-9-19-34/h2-4,6-11,14,16-22,24,37H,5,12-13,15,23,25-31H2,1H3,(H,44,52)(H,45,53)(H,46,49)(H,50,51)/t37-/m0/s1. The number of para-hydroxylation sites is 1. The van der Waals surface area contributed by atoms with Crippen LogP contribution in [0.3, 0.4) is 0 Å². The number of carboxylic acid groups (broad SMARTS) is 1. The SMILES string of the molecule is CC(=O)N(CCC[C@H](NC(=O)CCCCCNC(=O)c1cccc(OCc2ccccc2)c1OCc1ccccc1)C(=O)NCC(=O)O)OCc1ccccc1. The highest BCUT2D eigenvalue weighted by Crippen LogP contribution is 2.33. The maximum absolute atomic E-state index is 13.4. The summed E-state index contributed by atoms with van der Waals surface area (Å²) in [5, 5.41) is 18.2.